The summed E-state index contributed by atoms with van der Waals surface area (Å²) in [6, 6.07) is 9.64. The van der Waals surface area contributed by atoms with Crippen LogP contribution in [0.15, 0.2) is 41.5 Å². The Morgan fingerprint density at radius 1 is 1.31 bits per heavy atom. The summed E-state index contributed by atoms with van der Waals surface area (Å²) in [4.78, 5) is 11.4. The van der Waals surface area contributed by atoms with E-state index in [0.717, 1.165) is 5.56 Å². The molecule has 0 radical (unpaired) electrons. The second kappa shape index (κ2) is 4.49. The maximum absolute atomic E-state index is 11.4. The molecular weight excluding hydrogens is 202 g/mol. The first-order valence-corrected chi connectivity index (χ1v) is 4.90. The molecule has 0 aliphatic heterocycles. The summed E-state index contributed by atoms with van der Waals surface area (Å²) >= 11 is 0. The summed E-state index contributed by atoms with van der Waals surface area (Å²) in [6.45, 7) is 0.314. The monoisotopic (exact) mass is 213 g/mol. The minimum absolute atomic E-state index is 0.151. The molecule has 1 aromatic heterocycles. The Morgan fingerprint density at radius 2 is 2.06 bits per heavy atom. The van der Waals surface area contributed by atoms with Gasteiger partial charge in [0.15, 0.2) is 0 Å². The van der Waals surface area contributed by atoms with E-state index in [1.54, 1.807) is 7.05 Å². The molecule has 0 atom stereocenters. The lowest BCUT2D eigenvalue weighted by atomic mass is 10.2. The molecule has 1 aromatic carbocycles. The van der Waals surface area contributed by atoms with E-state index < -0.39 is 0 Å². The molecule has 2 rings (SSSR count). The summed E-state index contributed by atoms with van der Waals surface area (Å²) in [5.41, 5.74) is 0.786. The minimum atomic E-state index is -0.151. The van der Waals surface area contributed by atoms with Gasteiger partial charge in [-0.1, -0.05) is 30.0 Å². The van der Waals surface area contributed by atoms with Crippen LogP contribution >= 0.6 is 0 Å². The molecule has 1 heterocycles. The van der Waals surface area contributed by atoms with Gasteiger partial charge in [0.2, 0.25) is 0 Å². The number of nitrogens with zero attached hydrogens (tertiary/aromatic N) is 3. The molecule has 0 unspecified atom stereocenters. The number of hydrogen-bond donors (Lipinski definition) is 0. The third-order valence-electron chi connectivity index (χ3n) is 2.12. The Bertz CT molecular complexity index is 584. The van der Waals surface area contributed by atoms with Crippen molar-refractivity contribution in [1.29, 1.82) is 0 Å². The van der Waals surface area contributed by atoms with E-state index in [2.05, 4.69) is 16.9 Å². The number of hydrogen-bond acceptors (Lipinski definition) is 2. The van der Waals surface area contributed by atoms with Gasteiger partial charge in [0.25, 0.3) is 0 Å². The van der Waals surface area contributed by atoms with Gasteiger partial charge in [-0.25, -0.2) is 9.48 Å². The summed E-state index contributed by atoms with van der Waals surface area (Å²) in [6.07, 6.45) is 1.48. The quantitative estimate of drug-likeness (QED) is 0.652. The number of aromatic nitrogens is 3. The van der Waals surface area contributed by atoms with Gasteiger partial charge >= 0.3 is 5.69 Å². The fourth-order valence-corrected chi connectivity index (χ4v) is 1.27. The van der Waals surface area contributed by atoms with Gasteiger partial charge in [-0.2, -0.15) is 5.10 Å². The first kappa shape index (κ1) is 10.2. The fourth-order valence-electron chi connectivity index (χ4n) is 1.27. The van der Waals surface area contributed by atoms with E-state index >= 15 is 0 Å². The fraction of sp³-hybridized carbons (Fsp3) is 0.167. The van der Waals surface area contributed by atoms with Crippen molar-refractivity contribution < 1.29 is 0 Å². The van der Waals surface area contributed by atoms with Crippen molar-refractivity contribution in [2.24, 2.45) is 7.05 Å². The topological polar surface area (TPSA) is 39.8 Å². The summed E-state index contributed by atoms with van der Waals surface area (Å²) in [5.74, 6) is 5.88. The average molecular weight is 213 g/mol. The van der Waals surface area contributed by atoms with Crippen molar-refractivity contribution in [3.05, 3.63) is 52.7 Å². The van der Waals surface area contributed by atoms with Crippen molar-refractivity contribution >= 4 is 0 Å². The van der Waals surface area contributed by atoms with Crippen molar-refractivity contribution in [3.63, 3.8) is 0 Å². The summed E-state index contributed by atoms with van der Waals surface area (Å²) in [7, 11) is 1.66. The zero-order valence-electron chi connectivity index (χ0n) is 8.92. The second-order valence-corrected chi connectivity index (χ2v) is 3.35. The Kier molecular flexibility index (Phi) is 2.88. The maximum Gasteiger partial charge on any atom is 0.346 e. The van der Waals surface area contributed by atoms with Crippen molar-refractivity contribution in [2.45, 2.75) is 6.54 Å². The molecule has 0 bridgehead atoms. The van der Waals surface area contributed by atoms with Crippen LogP contribution in [0, 0.1) is 11.8 Å². The molecule has 16 heavy (non-hydrogen) atoms. The summed E-state index contributed by atoms with van der Waals surface area (Å²) in [5, 5.41) is 3.91. The molecule has 0 aliphatic carbocycles. The standard InChI is InChI=1S/C12H11N3O/c1-14-10-13-15(12(14)16)9-5-8-11-6-3-2-4-7-11/h2-4,6-7,10H,9H2,1H3. The van der Waals surface area contributed by atoms with Crippen LogP contribution in [0.25, 0.3) is 0 Å². The second-order valence-electron chi connectivity index (χ2n) is 3.35. The van der Waals surface area contributed by atoms with E-state index in [4.69, 9.17) is 0 Å². The molecule has 0 saturated heterocycles. The van der Waals surface area contributed by atoms with Gasteiger partial charge < -0.3 is 0 Å². The van der Waals surface area contributed by atoms with Crippen LogP contribution in [-0.4, -0.2) is 14.3 Å². The van der Waals surface area contributed by atoms with Crippen LogP contribution in [0.1, 0.15) is 5.56 Å². The first-order chi connectivity index (χ1) is 7.77. The largest absolute Gasteiger partial charge is 0.346 e. The predicted octanol–water partition coefficient (Wildman–Crippen LogP) is 0.633. The van der Waals surface area contributed by atoms with E-state index in [0.29, 0.717) is 6.54 Å². The third-order valence-corrected chi connectivity index (χ3v) is 2.12. The SMILES string of the molecule is Cn1cnn(CC#Cc2ccccc2)c1=O. The van der Waals surface area contributed by atoms with E-state index in [9.17, 15) is 4.79 Å². The first-order valence-electron chi connectivity index (χ1n) is 4.90. The molecule has 4 nitrogen and oxygen atoms in total. The van der Waals surface area contributed by atoms with Gasteiger partial charge in [-0.05, 0) is 12.1 Å². The van der Waals surface area contributed by atoms with Gasteiger partial charge in [0.1, 0.15) is 12.9 Å². The Hall–Kier alpha value is -2.28. The average Bonchev–Trinajstić information content (AvgIpc) is 2.62. The highest BCUT2D eigenvalue weighted by molar-refractivity contribution is 5.33. The molecular formula is C12H11N3O. The Morgan fingerprint density at radius 3 is 2.69 bits per heavy atom. The van der Waals surface area contributed by atoms with E-state index in [1.807, 2.05) is 30.3 Å². The highest BCUT2D eigenvalue weighted by Gasteiger charge is 1.97. The van der Waals surface area contributed by atoms with Gasteiger partial charge in [0, 0.05) is 12.6 Å². The zero-order chi connectivity index (χ0) is 11.4. The third kappa shape index (κ3) is 2.20. The maximum atomic E-state index is 11.4. The number of benzene rings is 1. The van der Waals surface area contributed by atoms with Crippen LogP contribution in [0.2, 0.25) is 0 Å². The number of rotatable bonds is 1. The van der Waals surface area contributed by atoms with Crippen LogP contribution in [0.3, 0.4) is 0 Å². The molecule has 0 saturated carbocycles. The van der Waals surface area contributed by atoms with Crippen LogP contribution in [0.5, 0.6) is 0 Å². The molecule has 0 amide bonds. The lowest BCUT2D eigenvalue weighted by molar-refractivity contribution is 0.670. The molecule has 80 valence electrons. The smallest absolute Gasteiger partial charge is 0.285 e. The lowest BCUT2D eigenvalue weighted by Gasteiger charge is -1.89. The van der Waals surface area contributed by atoms with E-state index in [-0.39, 0.29) is 5.69 Å². The van der Waals surface area contributed by atoms with Crippen LogP contribution < -0.4 is 5.69 Å². The number of aryl methyl sites for hydroxylation is 1. The molecule has 0 spiro atoms. The highest BCUT2D eigenvalue weighted by atomic mass is 16.2. The minimum Gasteiger partial charge on any atom is -0.285 e. The van der Waals surface area contributed by atoms with Crippen LogP contribution in [0.4, 0.5) is 0 Å². The Balaban J connectivity index is 2.12. The molecule has 0 fully saturated rings. The molecule has 0 N–H and O–H groups in total. The van der Waals surface area contributed by atoms with Crippen molar-refractivity contribution in [3.8, 4) is 11.8 Å². The molecule has 4 heteroatoms. The van der Waals surface area contributed by atoms with Crippen molar-refractivity contribution in [1.82, 2.24) is 14.3 Å². The van der Waals surface area contributed by atoms with Crippen LogP contribution in [-0.2, 0) is 13.6 Å². The predicted molar refractivity (Wildman–Crippen MR) is 60.8 cm³/mol. The normalized spacial score (nSPS) is 9.56. The lowest BCUT2D eigenvalue weighted by Crippen LogP contribution is -2.22. The molecule has 0 aliphatic rings. The highest BCUT2D eigenvalue weighted by Crippen LogP contribution is 1.94. The van der Waals surface area contributed by atoms with Gasteiger partial charge in [-0.15, -0.1) is 0 Å². The Labute approximate surface area is 93.1 Å². The zero-order valence-corrected chi connectivity index (χ0v) is 8.92. The molecule has 2 aromatic rings. The summed E-state index contributed by atoms with van der Waals surface area (Å²) < 4.78 is 2.75. The van der Waals surface area contributed by atoms with Gasteiger partial charge in [0.05, 0.1) is 0 Å². The van der Waals surface area contributed by atoms with Gasteiger partial charge in [-0.3, -0.25) is 4.57 Å². The van der Waals surface area contributed by atoms with E-state index in [1.165, 1.54) is 15.6 Å². The van der Waals surface area contributed by atoms with Crippen molar-refractivity contribution in [2.75, 3.05) is 0 Å².